The molecular formula is C10H17N3S. The van der Waals surface area contributed by atoms with Gasteiger partial charge in [0.25, 0.3) is 0 Å². The first-order chi connectivity index (χ1) is 6.86. The molecule has 0 aliphatic carbocycles. The summed E-state index contributed by atoms with van der Waals surface area (Å²) in [4.78, 5) is 8.06. The summed E-state index contributed by atoms with van der Waals surface area (Å²) in [6.07, 6.45) is 5.81. The van der Waals surface area contributed by atoms with E-state index in [1.807, 2.05) is 13.1 Å². The molecule has 0 amide bonds. The number of hydrogen-bond donors (Lipinski definition) is 1. The third-order valence-corrected chi connectivity index (χ3v) is 3.14. The van der Waals surface area contributed by atoms with Gasteiger partial charge in [-0.25, -0.2) is 9.97 Å². The molecule has 0 radical (unpaired) electrons. The maximum absolute atomic E-state index is 4.17. The van der Waals surface area contributed by atoms with E-state index in [2.05, 4.69) is 22.2 Å². The Morgan fingerprint density at radius 2 is 2.43 bits per heavy atom. The highest BCUT2D eigenvalue weighted by Gasteiger charge is 2.05. The van der Waals surface area contributed by atoms with Crippen LogP contribution in [0, 0.1) is 0 Å². The fraction of sp³-hybridized carbons (Fsp3) is 0.600. The van der Waals surface area contributed by atoms with Crippen molar-refractivity contribution >= 4 is 11.8 Å². The van der Waals surface area contributed by atoms with Crippen molar-refractivity contribution in [3.8, 4) is 0 Å². The number of nitrogens with one attached hydrogen (secondary N) is 1. The topological polar surface area (TPSA) is 37.8 Å². The molecule has 1 heterocycles. The fourth-order valence-corrected chi connectivity index (χ4v) is 2.19. The van der Waals surface area contributed by atoms with Crippen molar-refractivity contribution in [1.29, 1.82) is 0 Å². The minimum Gasteiger partial charge on any atom is -0.316 e. The third kappa shape index (κ3) is 4.07. The third-order valence-electron chi connectivity index (χ3n) is 2.03. The van der Waals surface area contributed by atoms with Crippen LogP contribution >= 0.6 is 11.8 Å². The van der Waals surface area contributed by atoms with Crippen molar-refractivity contribution in [3.05, 3.63) is 18.6 Å². The Kier molecular flexibility index (Phi) is 5.56. The molecular weight excluding hydrogens is 194 g/mol. The largest absolute Gasteiger partial charge is 0.316 e. The second kappa shape index (κ2) is 6.79. The van der Waals surface area contributed by atoms with Crippen LogP contribution in [0.4, 0.5) is 0 Å². The van der Waals surface area contributed by atoms with Crippen LogP contribution in [-0.2, 0) is 0 Å². The lowest BCUT2D eigenvalue weighted by molar-refractivity contribution is 0.564. The Morgan fingerprint density at radius 1 is 1.57 bits per heavy atom. The van der Waals surface area contributed by atoms with Gasteiger partial charge in [-0.2, -0.15) is 0 Å². The molecule has 0 aromatic carbocycles. The average Bonchev–Trinajstić information content (AvgIpc) is 2.25. The van der Waals surface area contributed by atoms with Crippen LogP contribution in [0.15, 0.2) is 23.6 Å². The van der Waals surface area contributed by atoms with Gasteiger partial charge in [-0.15, -0.1) is 11.8 Å². The minimum atomic E-state index is 0.583. The van der Waals surface area contributed by atoms with Gasteiger partial charge in [-0.3, -0.25) is 0 Å². The minimum absolute atomic E-state index is 0.583. The van der Waals surface area contributed by atoms with Crippen LogP contribution in [0.1, 0.15) is 19.8 Å². The Bertz CT molecular complexity index is 240. The van der Waals surface area contributed by atoms with Gasteiger partial charge in [-0.05, 0) is 19.5 Å². The summed E-state index contributed by atoms with van der Waals surface area (Å²) in [5, 5.41) is 4.36. The molecule has 0 saturated heterocycles. The standard InChI is InChI=1S/C10H17N3S/c1-3-4-9(11-2)7-14-10-5-6-12-8-13-10/h5-6,8-9,11H,3-4,7H2,1-2H3. The zero-order chi connectivity index (χ0) is 10.2. The molecule has 14 heavy (non-hydrogen) atoms. The summed E-state index contributed by atoms with van der Waals surface area (Å²) in [7, 11) is 2.01. The molecule has 0 fully saturated rings. The molecule has 0 spiro atoms. The number of nitrogens with zero attached hydrogens (tertiary/aromatic N) is 2. The van der Waals surface area contributed by atoms with Crippen LogP contribution in [0.5, 0.6) is 0 Å². The molecule has 0 aliphatic rings. The SMILES string of the molecule is CCCC(CSc1ccncn1)NC. The highest BCUT2D eigenvalue weighted by Crippen LogP contribution is 2.15. The van der Waals surface area contributed by atoms with E-state index in [1.165, 1.54) is 12.8 Å². The molecule has 0 aliphatic heterocycles. The zero-order valence-electron chi connectivity index (χ0n) is 8.73. The molecule has 1 aromatic heterocycles. The summed E-state index contributed by atoms with van der Waals surface area (Å²) < 4.78 is 0. The van der Waals surface area contributed by atoms with Gasteiger partial charge in [0.05, 0.1) is 5.03 Å². The van der Waals surface area contributed by atoms with Crippen molar-refractivity contribution in [2.75, 3.05) is 12.8 Å². The van der Waals surface area contributed by atoms with Crippen LogP contribution in [0.25, 0.3) is 0 Å². The van der Waals surface area contributed by atoms with Gasteiger partial charge < -0.3 is 5.32 Å². The Morgan fingerprint density at radius 3 is 3.00 bits per heavy atom. The number of aromatic nitrogens is 2. The molecule has 1 N–H and O–H groups in total. The first kappa shape index (κ1) is 11.5. The maximum atomic E-state index is 4.17. The quantitative estimate of drug-likeness (QED) is 0.576. The van der Waals surface area contributed by atoms with E-state index in [4.69, 9.17) is 0 Å². The first-order valence-corrected chi connectivity index (χ1v) is 5.91. The van der Waals surface area contributed by atoms with E-state index >= 15 is 0 Å². The van der Waals surface area contributed by atoms with Crippen molar-refractivity contribution in [3.63, 3.8) is 0 Å². The van der Waals surface area contributed by atoms with Crippen LogP contribution < -0.4 is 5.32 Å². The molecule has 1 atom stereocenters. The Labute approximate surface area is 89.7 Å². The summed E-state index contributed by atoms with van der Waals surface area (Å²) in [5.74, 6) is 1.07. The molecule has 1 rings (SSSR count). The van der Waals surface area contributed by atoms with Gasteiger partial charge in [0.15, 0.2) is 0 Å². The van der Waals surface area contributed by atoms with Gasteiger partial charge in [0.2, 0.25) is 0 Å². The lowest BCUT2D eigenvalue weighted by atomic mass is 10.2. The predicted octanol–water partition coefficient (Wildman–Crippen LogP) is 1.96. The van der Waals surface area contributed by atoms with E-state index in [0.717, 1.165) is 10.8 Å². The molecule has 1 aromatic rings. The summed E-state index contributed by atoms with van der Waals surface area (Å²) in [6, 6.07) is 2.53. The highest BCUT2D eigenvalue weighted by molar-refractivity contribution is 7.99. The van der Waals surface area contributed by atoms with Crippen molar-refractivity contribution in [1.82, 2.24) is 15.3 Å². The second-order valence-electron chi connectivity index (χ2n) is 3.13. The normalized spacial score (nSPS) is 12.7. The molecule has 0 bridgehead atoms. The molecule has 4 heteroatoms. The van der Waals surface area contributed by atoms with E-state index in [9.17, 15) is 0 Å². The van der Waals surface area contributed by atoms with Crippen LogP contribution in [0.2, 0.25) is 0 Å². The van der Waals surface area contributed by atoms with Gasteiger partial charge in [0, 0.05) is 18.0 Å². The highest BCUT2D eigenvalue weighted by atomic mass is 32.2. The molecule has 1 unspecified atom stereocenters. The first-order valence-electron chi connectivity index (χ1n) is 4.93. The Hall–Kier alpha value is -0.610. The summed E-state index contributed by atoms with van der Waals surface area (Å²) >= 11 is 1.78. The van der Waals surface area contributed by atoms with Crippen molar-refractivity contribution < 1.29 is 0 Å². The summed E-state index contributed by atoms with van der Waals surface area (Å²) in [5.41, 5.74) is 0. The average molecular weight is 211 g/mol. The summed E-state index contributed by atoms with van der Waals surface area (Å²) in [6.45, 7) is 2.21. The van der Waals surface area contributed by atoms with E-state index in [1.54, 1.807) is 24.3 Å². The number of hydrogen-bond acceptors (Lipinski definition) is 4. The monoisotopic (exact) mass is 211 g/mol. The van der Waals surface area contributed by atoms with Gasteiger partial charge >= 0.3 is 0 Å². The van der Waals surface area contributed by atoms with E-state index in [-0.39, 0.29) is 0 Å². The maximum Gasteiger partial charge on any atom is 0.116 e. The zero-order valence-corrected chi connectivity index (χ0v) is 9.55. The van der Waals surface area contributed by atoms with Crippen molar-refractivity contribution in [2.45, 2.75) is 30.8 Å². The lowest BCUT2D eigenvalue weighted by Gasteiger charge is -2.13. The van der Waals surface area contributed by atoms with E-state index in [0.29, 0.717) is 6.04 Å². The van der Waals surface area contributed by atoms with Gasteiger partial charge in [-0.1, -0.05) is 13.3 Å². The Balaban J connectivity index is 2.32. The smallest absolute Gasteiger partial charge is 0.116 e. The number of thioether (sulfide) groups is 1. The predicted molar refractivity (Wildman–Crippen MR) is 60.5 cm³/mol. The van der Waals surface area contributed by atoms with Crippen molar-refractivity contribution in [2.24, 2.45) is 0 Å². The van der Waals surface area contributed by atoms with Crippen LogP contribution in [0.3, 0.4) is 0 Å². The molecule has 3 nitrogen and oxygen atoms in total. The molecule has 0 saturated carbocycles. The molecule has 78 valence electrons. The van der Waals surface area contributed by atoms with Gasteiger partial charge in [0.1, 0.15) is 6.33 Å². The fourth-order valence-electron chi connectivity index (χ4n) is 1.21. The second-order valence-corrected chi connectivity index (χ2v) is 4.17. The van der Waals surface area contributed by atoms with E-state index < -0.39 is 0 Å². The lowest BCUT2D eigenvalue weighted by Crippen LogP contribution is -2.27. The number of rotatable bonds is 6. The van der Waals surface area contributed by atoms with Crippen LogP contribution in [-0.4, -0.2) is 28.8 Å².